The quantitative estimate of drug-likeness (QED) is 0.867. The van der Waals surface area contributed by atoms with E-state index < -0.39 is 12.0 Å². The summed E-state index contributed by atoms with van der Waals surface area (Å²) in [7, 11) is 3.77. The van der Waals surface area contributed by atoms with Gasteiger partial charge in [-0.25, -0.2) is 14.8 Å². The van der Waals surface area contributed by atoms with Crippen LogP contribution in [0, 0.1) is 13.8 Å². The van der Waals surface area contributed by atoms with Gasteiger partial charge in [-0.2, -0.15) is 0 Å². The highest BCUT2D eigenvalue weighted by Gasteiger charge is 2.24. The van der Waals surface area contributed by atoms with Gasteiger partial charge in [0.2, 0.25) is 0 Å². The minimum absolute atomic E-state index is 0.326. The average molecular weight is 336 g/mol. The Morgan fingerprint density at radius 3 is 2.48 bits per heavy atom. The fourth-order valence-corrected chi connectivity index (χ4v) is 3.45. The first kappa shape index (κ1) is 17.1. The van der Waals surface area contributed by atoms with Crippen LogP contribution in [0.2, 0.25) is 0 Å². The Morgan fingerprint density at radius 2 is 1.96 bits per heavy atom. The molecule has 0 saturated carbocycles. The molecule has 0 saturated heterocycles. The molecule has 1 amide bonds. The van der Waals surface area contributed by atoms with Gasteiger partial charge >= 0.3 is 5.97 Å². The number of rotatable bonds is 5. The SMILES string of the molecule is CCC(NC(=O)c1sc2nc(C)nc(N(C)C)c2c1C)C(=O)O. The number of nitrogens with zero attached hydrogens (tertiary/aromatic N) is 3. The van der Waals surface area contributed by atoms with Crippen molar-refractivity contribution in [3.63, 3.8) is 0 Å². The zero-order valence-electron chi connectivity index (χ0n) is 13.8. The van der Waals surface area contributed by atoms with Crippen molar-refractivity contribution in [3.8, 4) is 0 Å². The van der Waals surface area contributed by atoms with Gasteiger partial charge in [-0.15, -0.1) is 11.3 Å². The van der Waals surface area contributed by atoms with Gasteiger partial charge < -0.3 is 15.3 Å². The van der Waals surface area contributed by atoms with Crippen molar-refractivity contribution in [2.45, 2.75) is 33.2 Å². The summed E-state index contributed by atoms with van der Waals surface area (Å²) in [5.41, 5.74) is 0.770. The Balaban J connectivity index is 2.50. The molecule has 2 aromatic rings. The summed E-state index contributed by atoms with van der Waals surface area (Å²) in [6.07, 6.45) is 0.326. The van der Waals surface area contributed by atoms with E-state index in [1.165, 1.54) is 11.3 Å². The number of fused-ring (bicyclic) bond motifs is 1. The molecule has 7 nitrogen and oxygen atoms in total. The van der Waals surface area contributed by atoms with Gasteiger partial charge in [0, 0.05) is 14.1 Å². The molecule has 124 valence electrons. The number of anilines is 1. The maximum atomic E-state index is 12.4. The fraction of sp³-hybridized carbons (Fsp3) is 0.467. The third-order valence-electron chi connectivity index (χ3n) is 3.52. The molecule has 2 N–H and O–H groups in total. The predicted molar refractivity (Wildman–Crippen MR) is 90.4 cm³/mol. The number of amides is 1. The van der Waals surface area contributed by atoms with Crippen LogP contribution >= 0.6 is 11.3 Å². The lowest BCUT2D eigenvalue weighted by molar-refractivity contribution is -0.139. The number of carbonyl (C=O) groups excluding carboxylic acids is 1. The van der Waals surface area contributed by atoms with Crippen molar-refractivity contribution in [1.29, 1.82) is 0 Å². The first-order valence-corrected chi connectivity index (χ1v) is 8.06. The molecule has 23 heavy (non-hydrogen) atoms. The fourth-order valence-electron chi connectivity index (χ4n) is 2.32. The van der Waals surface area contributed by atoms with Crippen LogP contribution in [0.4, 0.5) is 5.82 Å². The second kappa shape index (κ2) is 6.49. The predicted octanol–water partition coefficient (Wildman–Crippen LogP) is 1.97. The van der Waals surface area contributed by atoms with E-state index in [2.05, 4.69) is 15.3 Å². The van der Waals surface area contributed by atoms with Gasteiger partial charge in [0.1, 0.15) is 22.5 Å². The van der Waals surface area contributed by atoms with E-state index in [0.29, 0.717) is 17.1 Å². The van der Waals surface area contributed by atoms with Crippen molar-refractivity contribution in [3.05, 3.63) is 16.3 Å². The van der Waals surface area contributed by atoms with Gasteiger partial charge in [-0.05, 0) is 25.8 Å². The molecule has 2 rings (SSSR count). The molecule has 0 radical (unpaired) electrons. The highest BCUT2D eigenvalue weighted by Crippen LogP contribution is 2.34. The molecule has 0 aromatic carbocycles. The van der Waals surface area contributed by atoms with Crippen LogP contribution in [0.5, 0.6) is 0 Å². The number of carboxylic acid groups (broad SMARTS) is 1. The number of aryl methyl sites for hydroxylation is 2. The number of hydrogen-bond acceptors (Lipinski definition) is 6. The number of thiophene rings is 1. The number of aliphatic carboxylic acids is 1. The van der Waals surface area contributed by atoms with Gasteiger partial charge in [-0.3, -0.25) is 4.79 Å². The van der Waals surface area contributed by atoms with Crippen LogP contribution < -0.4 is 10.2 Å². The highest BCUT2D eigenvalue weighted by molar-refractivity contribution is 7.20. The standard InChI is InChI=1S/C15H20N4O3S/c1-6-9(15(21)22)18-13(20)11-7(2)10-12(19(4)5)16-8(3)17-14(10)23-11/h9H,6H2,1-5H3,(H,18,20)(H,21,22). The molecule has 0 bridgehead atoms. The summed E-state index contributed by atoms with van der Waals surface area (Å²) in [6.45, 7) is 5.36. The molecular weight excluding hydrogens is 316 g/mol. The Labute approximate surface area is 138 Å². The van der Waals surface area contributed by atoms with Gasteiger partial charge in [0.05, 0.1) is 10.3 Å². The Bertz CT molecular complexity index is 770. The molecular formula is C15H20N4O3S. The van der Waals surface area contributed by atoms with Crippen LogP contribution in [0.3, 0.4) is 0 Å². The van der Waals surface area contributed by atoms with Crippen LogP contribution in [0.15, 0.2) is 0 Å². The van der Waals surface area contributed by atoms with Crippen molar-refractivity contribution in [1.82, 2.24) is 15.3 Å². The Kier molecular flexibility index (Phi) is 4.84. The van der Waals surface area contributed by atoms with E-state index in [9.17, 15) is 9.59 Å². The second-order valence-electron chi connectivity index (χ2n) is 5.50. The highest BCUT2D eigenvalue weighted by atomic mass is 32.1. The first-order valence-electron chi connectivity index (χ1n) is 7.25. The summed E-state index contributed by atoms with van der Waals surface area (Å²) in [5.74, 6) is -0.0386. The zero-order valence-corrected chi connectivity index (χ0v) is 14.6. The van der Waals surface area contributed by atoms with Gasteiger partial charge in [-0.1, -0.05) is 6.92 Å². The molecule has 0 spiro atoms. The summed E-state index contributed by atoms with van der Waals surface area (Å²) in [4.78, 5) is 35.5. The van der Waals surface area contributed by atoms with Crippen molar-refractivity contribution in [2.24, 2.45) is 0 Å². The Hall–Kier alpha value is -2.22. The molecule has 2 heterocycles. The largest absolute Gasteiger partial charge is 0.480 e. The normalized spacial score (nSPS) is 12.2. The summed E-state index contributed by atoms with van der Waals surface area (Å²) < 4.78 is 0. The lowest BCUT2D eigenvalue weighted by Gasteiger charge is -2.14. The number of aromatic nitrogens is 2. The van der Waals surface area contributed by atoms with Crippen LogP contribution in [0.25, 0.3) is 10.2 Å². The topological polar surface area (TPSA) is 95.4 Å². The molecule has 8 heteroatoms. The molecule has 1 unspecified atom stereocenters. The molecule has 2 aromatic heterocycles. The lowest BCUT2D eigenvalue weighted by Crippen LogP contribution is -2.40. The molecule has 0 aliphatic heterocycles. The van der Waals surface area contributed by atoms with E-state index in [0.717, 1.165) is 21.6 Å². The molecule has 0 aliphatic carbocycles. The van der Waals surface area contributed by atoms with Crippen LogP contribution in [-0.2, 0) is 4.79 Å². The average Bonchev–Trinajstić information content (AvgIpc) is 2.80. The number of nitrogens with one attached hydrogen (secondary N) is 1. The lowest BCUT2D eigenvalue weighted by atomic mass is 10.1. The van der Waals surface area contributed by atoms with Crippen LogP contribution in [0.1, 0.15) is 34.4 Å². The van der Waals surface area contributed by atoms with Gasteiger partial charge in [0.25, 0.3) is 5.91 Å². The van der Waals surface area contributed by atoms with Crippen LogP contribution in [-0.4, -0.2) is 47.1 Å². The summed E-state index contributed by atoms with van der Waals surface area (Å²) >= 11 is 1.26. The van der Waals surface area contributed by atoms with Crippen molar-refractivity contribution < 1.29 is 14.7 Å². The van der Waals surface area contributed by atoms with E-state index in [-0.39, 0.29) is 5.91 Å². The van der Waals surface area contributed by atoms with E-state index in [4.69, 9.17) is 5.11 Å². The minimum Gasteiger partial charge on any atom is -0.480 e. The zero-order chi connectivity index (χ0) is 17.3. The summed E-state index contributed by atoms with van der Waals surface area (Å²) in [5, 5.41) is 12.5. The van der Waals surface area contributed by atoms with Crippen molar-refractivity contribution in [2.75, 3.05) is 19.0 Å². The Morgan fingerprint density at radius 1 is 1.30 bits per heavy atom. The monoisotopic (exact) mass is 336 g/mol. The number of carboxylic acids is 1. The smallest absolute Gasteiger partial charge is 0.326 e. The first-order chi connectivity index (χ1) is 10.8. The van der Waals surface area contributed by atoms with E-state index in [1.807, 2.05) is 25.9 Å². The third-order valence-corrected chi connectivity index (χ3v) is 4.71. The van der Waals surface area contributed by atoms with Gasteiger partial charge in [0.15, 0.2) is 0 Å². The van der Waals surface area contributed by atoms with E-state index in [1.54, 1.807) is 13.8 Å². The maximum absolute atomic E-state index is 12.4. The maximum Gasteiger partial charge on any atom is 0.326 e. The number of hydrogen-bond donors (Lipinski definition) is 2. The van der Waals surface area contributed by atoms with E-state index >= 15 is 0 Å². The third kappa shape index (κ3) is 3.26. The number of carbonyl (C=O) groups is 2. The molecule has 0 fully saturated rings. The van der Waals surface area contributed by atoms with Crippen molar-refractivity contribution >= 4 is 39.2 Å². The minimum atomic E-state index is -1.04. The summed E-state index contributed by atoms with van der Waals surface area (Å²) in [6, 6.07) is -0.895. The second-order valence-corrected chi connectivity index (χ2v) is 6.50. The molecule has 0 aliphatic rings. The molecule has 1 atom stereocenters.